The molecule has 0 unspecified atom stereocenters. The molecule has 7 heteroatoms. The van der Waals surface area contributed by atoms with Gasteiger partial charge in [-0.25, -0.2) is 5.43 Å². The van der Waals surface area contributed by atoms with E-state index in [1.165, 1.54) is 6.21 Å². The molecule has 0 atom stereocenters. The Labute approximate surface area is 180 Å². The van der Waals surface area contributed by atoms with Crippen LogP contribution in [-0.2, 0) is 11.4 Å². The maximum Gasteiger partial charge on any atom is 0.277 e. The highest BCUT2D eigenvalue weighted by atomic mass is 16.5. The first-order valence-corrected chi connectivity index (χ1v) is 9.47. The average molecular weight is 415 g/mol. The van der Waals surface area contributed by atoms with Crippen LogP contribution < -0.4 is 19.6 Å². The van der Waals surface area contributed by atoms with Crippen LogP contribution in [0, 0.1) is 11.3 Å². The lowest BCUT2D eigenvalue weighted by atomic mass is 10.2. The second kappa shape index (κ2) is 11.0. The number of rotatable bonds is 9. The molecule has 3 rings (SSSR count). The van der Waals surface area contributed by atoms with Gasteiger partial charge in [-0.3, -0.25) is 4.79 Å². The minimum atomic E-state index is -0.408. The van der Waals surface area contributed by atoms with Gasteiger partial charge >= 0.3 is 0 Å². The zero-order valence-corrected chi connectivity index (χ0v) is 16.9. The third kappa shape index (κ3) is 6.61. The summed E-state index contributed by atoms with van der Waals surface area (Å²) in [6.07, 6.45) is 1.51. The van der Waals surface area contributed by atoms with Gasteiger partial charge < -0.3 is 14.2 Å². The summed E-state index contributed by atoms with van der Waals surface area (Å²) in [5, 5.41) is 12.7. The van der Waals surface area contributed by atoms with Gasteiger partial charge in [-0.05, 0) is 53.6 Å². The molecule has 156 valence electrons. The number of hydrogen-bond donors (Lipinski definition) is 1. The van der Waals surface area contributed by atoms with Gasteiger partial charge in [0.05, 0.1) is 25.0 Å². The summed E-state index contributed by atoms with van der Waals surface area (Å²) in [5.74, 6) is 1.27. The van der Waals surface area contributed by atoms with Crippen LogP contribution in [-0.4, -0.2) is 25.8 Å². The zero-order valence-electron chi connectivity index (χ0n) is 16.9. The fraction of sp³-hybridized carbons (Fsp3) is 0.125. The minimum absolute atomic E-state index is 0.197. The Morgan fingerprint density at radius 3 is 2.52 bits per heavy atom. The molecular formula is C24H21N3O4. The fourth-order valence-corrected chi connectivity index (χ4v) is 2.61. The van der Waals surface area contributed by atoms with Crippen LogP contribution in [0.3, 0.4) is 0 Å². The van der Waals surface area contributed by atoms with E-state index < -0.39 is 5.91 Å². The normalized spacial score (nSPS) is 10.3. The molecule has 3 aromatic carbocycles. The van der Waals surface area contributed by atoms with Crippen molar-refractivity contribution in [2.45, 2.75) is 6.61 Å². The lowest BCUT2D eigenvalue weighted by Crippen LogP contribution is -2.24. The topological polar surface area (TPSA) is 92.9 Å². The summed E-state index contributed by atoms with van der Waals surface area (Å²) in [5.41, 5.74) is 4.71. The molecule has 0 saturated carbocycles. The molecule has 31 heavy (non-hydrogen) atoms. The van der Waals surface area contributed by atoms with Gasteiger partial charge in [0.25, 0.3) is 5.91 Å². The van der Waals surface area contributed by atoms with Crippen LogP contribution in [0.1, 0.15) is 16.7 Å². The predicted molar refractivity (Wildman–Crippen MR) is 116 cm³/mol. The standard InChI is InChI=1S/C24H21N3O4/c1-29-22-12-9-20(13-23(22)31-16-19-5-3-2-4-6-19)15-26-27-24(28)17-30-21-10-7-18(14-25)8-11-21/h2-13,15H,16-17H2,1H3,(H,27,28)/b26-15+. The van der Waals surface area contributed by atoms with Crippen molar-refractivity contribution in [2.24, 2.45) is 5.10 Å². The fourth-order valence-electron chi connectivity index (χ4n) is 2.61. The summed E-state index contributed by atoms with van der Waals surface area (Å²) < 4.78 is 16.6. The first kappa shape index (κ1) is 21.4. The first-order valence-electron chi connectivity index (χ1n) is 9.47. The number of nitrogens with one attached hydrogen (secondary N) is 1. The van der Waals surface area contributed by atoms with E-state index in [4.69, 9.17) is 19.5 Å². The van der Waals surface area contributed by atoms with E-state index in [0.717, 1.165) is 11.1 Å². The number of methoxy groups -OCH3 is 1. The number of amides is 1. The Kier molecular flexibility index (Phi) is 7.61. The third-order valence-electron chi connectivity index (χ3n) is 4.18. The molecule has 0 fully saturated rings. The number of carbonyl (C=O) groups is 1. The van der Waals surface area contributed by atoms with Crippen LogP contribution in [0.4, 0.5) is 0 Å². The van der Waals surface area contributed by atoms with E-state index in [9.17, 15) is 4.79 Å². The molecule has 1 amide bonds. The molecule has 3 aromatic rings. The molecule has 0 bridgehead atoms. The van der Waals surface area contributed by atoms with Gasteiger partial charge in [-0.1, -0.05) is 30.3 Å². The van der Waals surface area contributed by atoms with Crippen molar-refractivity contribution in [2.75, 3.05) is 13.7 Å². The van der Waals surface area contributed by atoms with Crippen LogP contribution in [0.5, 0.6) is 17.2 Å². The van der Waals surface area contributed by atoms with Crippen molar-refractivity contribution in [3.63, 3.8) is 0 Å². The summed E-state index contributed by atoms with van der Waals surface area (Å²) >= 11 is 0. The van der Waals surface area contributed by atoms with E-state index in [2.05, 4.69) is 10.5 Å². The summed E-state index contributed by atoms with van der Waals surface area (Å²) in [4.78, 5) is 11.9. The van der Waals surface area contributed by atoms with E-state index in [-0.39, 0.29) is 6.61 Å². The summed E-state index contributed by atoms with van der Waals surface area (Å²) in [6, 6.07) is 23.7. The van der Waals surface area contributed by atoms with Crippen molar-refractivity contribution in [3.8, 4) is 23.3 Å². The van der Waals surface area contributed by atoms with Gasteiger partial charge in [0.1, 0.15) is 12.4 Å². The van der Waals surface area contributed by atoms with Crippen molar-refractivity contribution < 1.29 is 19.0 Å². The lowest BCUT2D eigenvalue weighted by Gasteiger charge is -2.11. The Balaban J connectivity index is 1.53. The monoisotopic (exact) mass is 415 g/mol. The van der Waals surface area contributed by atoms with Gasteiger partial charge in [0.15, 0.2) is 18.1 Å². The molecular weight excluding hydrogens is 394 g/mol. The van der Waals surface area contributed by atoms with Crippen LogP contribution >= 0.6 is 0 Å². The quantitative estimate of drug-likeness (QED) is 0.425. The molecule has 0 aliphatic carbocycles. The number of nitriles is 1. The largest absolute Gasteiger partial charge is 0.493 e. The molecule has 0 aromatic heterocycles. The SMILES string of the molecule is COc1ccc(/C=N/NC(=O)COc2ccc(C#N)cc2)cc1OCc1ccccc1. The Morgan fingerprint density at radius 2 is 1.81 bits per heavy atom. The highest BCUT2D eigenvalue weighted by molar-refractivity contribution is 5.83. The lowest BCUT2D eigenvalue weighted by molar-refractivity contribution is -0.123. The van der Waals surface area contributed by atoms with Gasteiger partial charge in [0.2, 0.25) is 0 Å². The molecule has 0 aliphatic rings. The number of nitrogens with zero attached hydrogens (tertiary/aromatic N) is 2. The molecule has 0 heterocycles. The van der Waals surface area contributed by atoms with Crippen LogP contribution in [0.2, 0.25) is 0 Å². The number of hydrogen-bond acceptors (Lipinski definition) is 6. The molecule has 0 saturated heterocycles. The van der Waals surface area contributed by atoms with Crippen LogP contribution in [0.15, 0.2) is 77.9 Å². The highest BCUT2D eigenvalue weighted by Crippen LogP contribution is 2.28. The molecule has 1 N–H and O–H groups in total. The number of benzene rings is 3. The summed E-state index contributed by atoms with van der Waals surface area (Å²) in [7, 11) is 1.58. The van der Waals surface area contributed by atoms with Crippen molar-refractivity contribution in [3.05, 3.63) is 89.5 Å². The molecule has 7 nitrogen and oxygen atoms in total. The Morgan fingerprint density at radius 1 is 1.03 bits per heavy atom. The highest BCUT2D eigenvalue weighted by Gasteiger charge is 2.06. The zero-order chi connectivity index (χ0) is 21.9. The second-order valence-electron chi connectivity index (χ2n) is 6.40. The summed E-state index contributed by atoms with van der Waals surface area (Å²) in [6.45, 7) is 0.207. The third-order valence-corrected chi connectivity index (χ3v) is 4.18. The van der Waals surface area contributed by atoms with Crippen LogP contribution in [0.25, 0.3) is 0 Å². The van der Waals surface area contributed by atoms with E-state index >= 15 is 0 Å². The number of ether oxygens (including phenoxy) is 3. The first-order chi connectivity index (χ1) is 15.2. The van der Waals surface area contributed by atoms with E-state index in [0.29, 0.717) is 29.4 Å². The van der Waals surface area contributed by atoms with E-state index in [1.54, 1.807) is 49.6 Å². The maximum absolute atomic E-state index is 11.9. The number of carbonyl (C=O) groups excluding carboxylic acids is 1. The van der Waals surface area contributed by atoms with Crippen molar-refractivity contribution in [1.82, 2.24) is 5.43 Å². The number of hydrazone groups is 1. The average Bonchev–Trinajstić information content (AvgIpc) is 2.82. The maximum atomic E-state index is 11.9. The van der Waals surface area contributed by atoms with Crippen molar-refractivity contribution >= 4 is 12.1 Å². The van der Waals surface area contributed by atoms with Gasteiger partial charge in [-0.15, -0.1) is 0 Å². The Hall–Kier alpha value is -4.31. The Bertz CT molecular complexity index is 1070. The smallest absolute Gasteiger partial charge is 0.277 e. The van der Waals surface area contributed by atoms with Gasteiger partial charge in [0, 0.05) is 0 Å². The minimum Gasteiger partial charge on any atom is -0.493 e. The predicted octanol–water partition coefficient (Wildman–Crippen LogP) is 3.67. The van der Waals surface area contributed by atoms with Crippen molar-refractivity contribution in [1.29, 1.82) is 5.26 Å². The molecule has 0 radical (unpaired) electrons. The molecule has 0 spiro atoms. The van der Waals surface area contributed by atoms with E-state index in [1.807, 2.05) is 36.4 Å². The second-order valence-corrected chi connectivity index (χ2v) is 6.40. The molecule has 0 aliphatic heterocycles. The van der Waals surface area contributed by atoms with Gasteiger partial charge in [-0.2, -0.15) is 10.4 Å².